The molecule has 232 valence electrons. The number of halogens is 1. The van der Waals surface area contributed by atoms with Crippen molar-refractivity contribution in [2.24, 2.45) is 11.8 Å². The van der Waals surface area contributed by atoms with Gasteiger partial charge in [0, 0.05) is 23.5 Å². The molecule has 1 spiro atoms. The molecule has 4 heterocycles. The molecule has 4 aliphatic heterocycles. The van der Waals surface area contributed by atoms with Crippen LogP contribution >= 0.6 is 15.9 Å². The summed E-state index contributed by atoms with van der Waals surface area (Å²) in [5, 5.41) is 13.5. The van der Waals surface area contributed by atoms with Crippen LogP contribution < -0.4 is 5.32 Å². The monoisotopic (exact) mass is 657 g/mol. The number of fused-ring (bicyclic) bond motifs is 2. The number of hydrogen-bond donors (Lipinski definition) is 2. The summed E-state index contributed by atoms with van der Waals surface area (Å²) in [5.41, 5.74) is -0.771. The molecular formula is C32H40BrN3O7. The highest BCUT2D eigenvalue weighted by molar-refractivity contribution is 9.11. The quantitative estimate of drug-likeness (QED) is 0.356. The maximum Gasteiger partial charge on any atom is 0.313 e. The minimum atomic E-state index is -1.44. The Morgan fingerprint density at radius 3 is 2.58 bits per heavy atom. The van der Waals surface area contributed by atoms with Gasteiger partial charge in [-0.25, -0.2) is 0 Å². The van der Waals surface area contributed by atoms with Gasteiger partial charge in [0.15, 0.2) is 0 Å². The number of nitrogens with zero attached hydrogens (tertiary/aromatic N) is 2. The van der Waals surface area contributed by atoms with Gasteiger partial charge in [0.1, 0.15) is 29.8 Å². The van der Waals surface area contributed by atoms with Crippen molar-refractivity contribution >= 4 is 39.6 Å². The Hall–Kier alpha value is -3.02. The average molecular weight is 659 g/mol. The number of benzene rings is 1. The van der Waals surface area contributed by atoms with Crippen molar-refractivity contribution in [1.29, 1.82) is 0 Å². The third-order valence-corrected chi connectivity index (χ3v) is 9.68. The lowest BCUT2D eigenvalue weighted by molar-refractivity contribution is -0.159. The van der Waals surface area contributed by atoms with E-state index in [1.807, 2.05) is 56.3 Å². The number of aliphatic hydroxyl groups is 1. The van der Waals surface area contributed by atoms with Crippen molar-refractivity contribution in [2.45, 2.75) is 82.4 Å². The van der Waals surface area contributed by atoms with Crippen LogP contribution in [0, 0.1) is 11.8 Å². The van der Waals surface area contributed by atoms with Gasteiger partial charge < -0.3 is 29.7 Å². The fraction of sp³-hybridized carbons (Fsp3) is 0.562. The van der Waals surface area contributed by atoms with Crippen LogP contribution in [0.1, 0.15) is 58.1 Å². The lowest BCUT2D eigenvalue weighted by Gasteiger charge is -2.40. The summed E-state index contributed by atoms with van der Waals surface area (Å²) in [7, 11) is 0. The zero-order chi connectivity index (χ0) is 30.9. The van der Waals surface area contributed by atoms with E-state index in [0.717, 1.165) is 12.8 Å². The molecule has 10 nitrogen and oxygen atoms in total. The van der Waals surface area contributed by atoms with E-state index in [1.54, 1.807) is 17.9 Å². The fourth-order valence-corrected chi connectivity index (χ4v) is 7.71. The van der Waals surface area contributed by atoms with Gasteiger partial charge in [0.25, 0.3) is 0 Å². The number of nitrogens with one attached hydrogen (secondary N) is 1. The second-order valence-electron chi connectivity index (χ2n) is 11.9. The summed E-state index contributed by atoms with van der Waals surface area (Å²) < 4.78 is 12.9. The molecule has 5 rings (SSSR count). The lowest BCUT2D eigenvalue weighted by Crippen LogP contribution is -2.58. The molecule has 5 bridgehead atoms. The van der Waals surface area contributed by atoms with E-state index in [4.69, 9.17) is 9.47 Å². The van der Waals surface area contributed by atoms with Crippen LogP contribution in [0.3, 0.4) is 0 Å². The first-order valence-electron chi connectivity index (χ1n) is 15.1. The molecule has 3 amide bonds. The third-order valence-electron chi connectivity index (χ3n) is 9.00. The van der Waals surface area contributed by atoms with E-state index in [1.165, 1.54) is 4.90 Å². The Labute approximate surface area is 260 Å². The molecule has 2 N–H and O–H groups in total. The summed E-state index contributed by atoms with van der Waals surface area (Å²) in [6.45, 7) is 5.68. The largest absolute Gasteiger partial charge is 0.460 e. The van der Waals surface area contributed by atoms with Crippen molar-refractivity contribution in [3.05, 3.63) is 58.6 Å². The molecule has 0 radical (unpaired) electrons. The van der Waals surface area contributed by atoms with Gasteiger partial charge in [-0.15, -0.1) is 0 Å². The molecule has 1 aromatic rings. The highest BCUT2D eigenvalue weighted by Gasteiger charge is 2.75. The Bertz CT molecular complexity index is 1300. The van der Waals surface area contributed by atoms with Crippen LogP contribution in [0.2, 0.25) is 0 Å². The van der Waals surface area contributed by atoms with Crippen LogP contribution in [0.25, 0.3) is 0 Å². The number of carbonyl (C=O) groups excluding carboxylic acids is 4. The topological polar surface area (TPSA) is 125 Å². The van der Waals surface area contributed by atoms with Crippen LogP contribution in [0.5, 0.6) is 0 Å². The van der Waals surface area contributed by atoms with Crippen LogP contribution in [-0.4, -0.2) is 88.2 Å². The van der Waals surface area contributed by atoms with Crippen molar-refractivity contribution in [2.75, 3.05) is 19.7 Å². The normalized spacial score (nSPS) is 33.5. The SMILES string of the molecule is CCCC(C)N1C/C=C\CCC(=O)NC[C@@H](C)OC(=O)[C@@H]2[C@H]3O[C@@]4(C=C3Br)[C@H](C1=O)N([C@H](CO)c1ccccc1)C(=O)[C@@H]24. The van der Waals surface area contributed by atoms with Crippen molar-refractivity contribution in [1.82, 2.24) is 15.1 Å². The van der Waals surface area contributed by atoms with Crippen molar-refractivity contribution in [3.63, 3.8) is 0 Å². The number of ether oxygens (including phenoxy) is 2. The van der Waals surface area contributed by atoms with Gasteiger partial charge in [0.05, 0.1) is 25.1 Å². The molecule has 2 saturated heterocycles. The molecule has 11 heteroatoms. The number of carbonyl (C=O) groups is 4. The number of cyclic esters (lactones) is 1. The van der Waals surface area contributed by atoms with E-state index < -0.39 is 60.2 Å². The van der Waals surface area contributed by atoms with Gasteiger partial charge in [-0.3, -0.25) is 19.2 Å². The van der Waals surface area contributed by atoms with E-state index in [0.29, 0.717) is 16.5 Å². The molecule has 0 saturated carbocycles. The van der Waals surface area contributed by atoms with Gasteiger partial charge in [-0.05, 0) is 38.3 Å². The summed E-state index contributed by atoms with van der Waals surface area (Å²) in [6, 6.07) is 6.95. The number of esters is 1. The molecule has 0 aliphatic carbocycles. The number of rotatable bonds is 6. The number of allylic oxidation sites excluding steroid dienone is 1. The first-order valence-corrected chi connectivity index (χ1v) is 15.9. The predicted octanol–water partition coefficient (Wildman–Crippen LogP) is 3.01. The highest BCUT2D eigenvalue weighted by atomic mass is 79.9. The molecule has 43 heavy (non-hydrogen) atoms. The molecule has 4 aliphatic rings. The van der Waals surface area contributed by atoms with E-state index in [9.17, 15) is 24.3 Å². The van der Waals surface area contributed by atoms with Crippen LogP contribution in [0.15, 0.2) is 53.0 Å². The van der Waals surface area contributed by atoms with Gasteiger partial charge in [-0.1, -0.05) is 71.8 Å². The lowest BCUT2D eigenvalue weighted by atomic mass is 9.74. The van der Waals surface area contributed by atoms with Crippen LogP contribution in [0.4, 0.5) is 0 Å². The molecular weight excluding hydrogens is 618 g/mol. The Kier molecular flexibility index (Phi) is 9.43. The molecule has 2 fully saturated rings. The maximum atomic E-state index is 14.8. The minimum Gasteiger partial charge on any atom is -0.460 e. The first-order chi connectivity index (χ1) is 20.6. The van der Waals surface area contributed by atoms with Crippen molar-refractivity contribution < 1.29 is 33.8 Å². The number of likely N-dealkylation sites (tertiary alicyclic amines) is 1. The highest BCUT2D eigenvalue weighted by Crippen LogP contribution is 2.60. The van der Waals surface area contributed by atoms with Gasteiger partial charge in [0.2, 0.25) is 17.7 Å². The maximum absolute atomic E-state index is 14.8. The third kappa shape index (κ3) is 5.67. The summed E-state index contributed by atoms with van der Waals surface area (Å²) in [5.74, 6) is -3.61. The zero-order valence-electron chi connectivity index (χ0n) is 24.8. The number of aliphatic hydroxyl groups excluding tert-OH is 1. The summed E-state index contributed by atoms with van der Waals surface area (Å²) >= 11 is 3.56. The first kappa shape index (κ1) is 31.4. The fourth-order valence-electron chi connectivity index (χ4n) is 6.97. The molecule has 1 unspecified atom stereocenters. The Morgan fingerprint density at radius 2 is 1.88 bits per heavy atom. The smallest absolute Gasteiger partial charge is 0.313 e. The predicted molar refractivity (Wildman–Crippen MR) is 162 cm³/mol. The molecule has 8 atom stereocenters. The molecule has 1 aromatic carbocycles. The van der Waals surface area contributed by atoms with E-state index in [2.05, 4.69) is 21.2 Å². The zero-order valence-corrected chi connectivity index (χ0v) is 26.4. The number of hydrogen-bond acceptors (Lipinski definition) is 7. The Balaban J connectivity index is 1.65. The second kappa shape index (κ2) is 12.9. The second-order valence-corrected chi connectivity index (χ2v) is 12.8. The van der Waals surface area contributed by atoms with E-state index >= 15 is 0 Å². The van der Waals surface area contributed by atoms with Gasteiger partial charge >= 0.3 is 5.97 Å². The summed E-state index contributed by atoms with van der Waals surface area (Å²) in [4.78, 5) is 58.7. The number of amides is 3. The van der Waals surface area contributed by atoms with Gasteiger partial charge in [-0.2, -0.15) is 0 Å². The minimum absolute atomic E-state index is 0.128. The standard InChI is InChI=1S/C32H40BrN3O7/c1-4-11-19(2)35-15-10-6-9-14-24(38)34-17-20(3)42-31(41)25-26-29(39)36(23(18-37)21-12-7-5-8-13-21)28(30(35)40)32(26)16-22(33)27(25)43-32/h5-8,10,12-13,16,19-20,23,25-28,37H,4,9,11,14-15,17-18H2,1-3H3,(H,34,38)/b10-6-/t19?,20-,23-,25+,26-,27+,28+,32-/m1/s1. The van der Waals surface area contributed by atoms with Crippen LogP contribution in [-0.2, 0) is 28.7 Å². The summed E-state index contributed by atoms with van der Waals surface area (Å²) in [6.07, 6.45) is 6.39. The molecule has 0 aromatic heterocycles. The average Bonchev–Trinajstić information content (AvgIpc) is 3.57. The van der Waals surface area contributed by atoms with E-state index in [-0.39, 0.29) is 37.4 Å². The van der Waals surface area contributed by atoms with Crippen molar-refractivity contribution in [3.8, 4) is 0 Å². The Morgan fingerprint density at radius 1 is 1.14 bits per heavy atom.